The molecule has 0 bridgehead atoms. The van der Waals surface area contributed by atoms with Gasteiger partial charge < -0.3 is 9.88 Å². The molecule has 0 radical (unpaired) electrons. The molecule has 0 unspecified atom stereocenters. The van der Waals surface area contributed by atoms with Crippen LogP contribution in [-0.2, 0) is 19.5 Å². The van der Waals surface area contributed by atoms with Crippen LogP contribution in [0.4, 0.5) is 4.39 Å². The third-order valence-electron chi connectivity index (χ3n) is 4.63. The van der Waals surface area contributed by atoms with Crippen LogP contribution in [0.5, 0.6) is 0 Å². The van der Waals surface area contributed by atoms with Crippen LogP contribution in [0.15, 0.2) is 70.5 Å². The molecule has 0 aliphatic heterocycles. The van der Waals surface area contributed by atoms with Gasteiger partial charge in [0.25, 0.3) is 5.91 Å². The van der Waals surface area contributed by atoms with Crippen molar-refractivity contribution in [1.29, 1.82) is 0 Å². The normalized spacial score (nSPS) is 11.1. The third-order valence-corrected chi connectivity index (χ3v) is 6.20. The van der Waals surface area contributed by atoms with Crippen LogP contribution in [0.1, 0.15) is 21.6 Å². The highest BCUT2D eigenvalue weighted by atomic mass is 79.9. The first-order valence-corrected chi connectivity index (χ1v) is 10.6. The summed E-state index contributed by atoms with van der Waals surface area (Å²) in [6.45, 7) is 1.08. The molecule has 1 amide bonds. The highest BCUT2D eigenvalue weighted by Crippen LogP contribution is 2.32. The number of halogens is 2. The Balaban J connectivity index is 1.55. The minimum atomic E-state index is -0.282. The standard InChI is InChI=1S/C22H18BrFN2OS/c23-21-13-18-20(28-21)12-19(26(18)11-10-15-4-2-1-3-5-15)22(27)25-14-16-6-8-17(24)9-7-16/h1-9,12-13H,10-11,14H2,(H,25,27). The zero-order valence-corrected chi connectivity index (χ0v) is 17.4. The van der Waals surface area contributed by atoms with Gasteiger partial charge in [-0.3, -0.25) is 4.79 Å². The molecule has 0 fully saturated rings. The minimum absolute atomic E-state index is 0.128. The summed E-state index contributed by atoms with van der Waals surface area (Å²) in [5.41, 5.74) is 3.80. The maximum absolute atomic E-state index is 13.1. The Morgan fingerprint density at radius 1 is 1.04 bits per heavy atom. The second kappa shape index (κ2) is 8.29. The Kier molecular flexibility index (Phi) is 5.59. The quantitative estimate of drug-likeness (QED) is 0.392. The summed E-state index contributed by atoms with van der Waals surface area (Å²) in [6, 6.07) is 20.4. The Morgan fingerprint density at radius 2 is 1.79 bits per heavy atom. The van der Waals surface area contributed by atoms with Gasteiger partial charge in [-0.1, -0.05) is 42.5 Å². The van der Waals surface area contributed by atoms with Crippen molar-refractivity contribution < 1.29 is 9.18 Å². The van der Waals surface area contributed by atoms with E-state index in [1.54, 1.807) is 23.5 Å². The predicted octanol–water partition coefficient (Wildman–Crippen LogP) is 5.78. The third kappa shape index (κ3) is 4.18. The highest BCUT2D eigenvalue weighted by Gasteiger charge is 2.17. The van der Waals surface area contributed by atoms with Crippen molar-refractivity contribution in [3.63, 3.8) is 0 Å². The molecule has 28 heavy (non-hydrogen) atoms. The number of carbonyl (C=O) groups is 1. The average molecular weight is 457 g/mol. The van der Waals surface area contributed by atoms with Crippen molar-refractivity contribution in [2.75, 3.05) is 0 Å². The summed E-state index contributed by atoms with van der Waals surface area (Å²) >= 11 is 5.15. The van der Waals surface area contributed by atoms with Gasteiger partial charge in [0.15, 0.2) is 0 Å². The maximum atomic E-state index is 13.1. The van der Waals surface area contributed by atoms with Gasteiger partial charge in [-0.25, -0.2) is 4.39 Å². The molecule has 6 heteroatoms. The van der Waals surface area contributed by atoms with E-state index in [4.69, 9.17) is 0 Å². The molecule has 4 aromatic rings. The van der Waals surface area contributed by atoms with Crippen LogP contribution < -0.4 is 5.32 Å². The number of carbonyl (C=O) groups excluding carboxylic acids is 1. The Bertz CT molecular complexity index is 1100. The molecule has 0 spiro atoms. The van der Waals surface area contributed by atoms with Gasteiger partial charge in [-0.15, -0.1) is 11.3 Å². The fourth-order valence-corrected chi connectivity index (χ4v) is 4.77. The molecular formula is C22H18BrFN2OS. The van der Waals surface area contributed by atoms with Crippen LogP contribution in [0.2, 0.25) is 0 Å². The molecule has 4 rings (SSSR count). The summed E-state index contributed by atoms with van der Waals surface area (Å²) in [7, 11) is 0. The monoisotopic (exact) mass is 456 g/mol. The summed E-state index contributed by atoms with van der Waals surface area (Å²) in [6.07, 6.45) is 0.844. The van der Waals surface area contributed by atoms with Crippen LogP contribution >= 0.6 is 27.3 Å². The second-order valence-electron chi connectivity index (χ2n) is 6.53. The minimum Gasteiger partial charge on any atom is -0.347 e. The highest BCUT2D eigenvalue weighted by molar-refractivity contribution is 9.11. The molecule has 2 aromatic heterocycles. The van der Waals surface area contributed by atoms with Gasteiger partial charge in [0.2, 0.25) is 0 Å². The molecular weight excluding hydrogens is 439 g/mol. The van der Waals surface area contributed by atoms with Crippen LogP contribution in [0.3, 0.4) is 0 Å². The fourth-order valence-electron chi connectivity index (χ4n) is 3.20. The average Bonchev–Trinajstić information content (AvgIpc) is 3.22. The summed E-state index contributed by atoms with van der Waals surface area (Å²) in [4.78, 5) is 12.9. The molecule has 0 aliphatic rings. The van der Waals surface area contributed by atoms with Crippen molar-refractivity contribution in [2.24, 2.45) is 0 Å². The van der Waals surface area contributed by atoms with Gasteiger partial charge in [-0.05, 0) is 57.7 Å². The van der Waals surface area contributed by atoms with Gasteiger partial charge >= 0.3 is 0 Å². The van der Waals surface area contributed by atoms with E-state index in [1.807, 2.05) is 24.3 Å². The summed E-state index contributed by atoms with van der Waals surface area (Å²) in [5.74, 6) is -0.410. The lowest BCUT2D eigenvalue weighted by atomic mass is 10.1. The number of aromatic nitrogens is 1. The number of nitrogens with zero attached hydrogens (tertiary/aromatic N) is 1. The zero-order valence-electron chi connectivity index (χ0n) is 15.0. The fraction of sp³-hybridized carbons (Fsp3) is 0.136. The Hall–Kier alpha value is -2.44. The number of benzene rings is 2. The van der Waals surface area contributed by atoms with Crippen LogP contribution in [0.25, 0.3) is 10.2 Å². The van der Waals surface area contributed by atoms with E-state index in [2.05, 4.69) is 44.0 Å². The van der Waals surface area contributed by atoms with Crippen LogP contribution in [0, 0.1) is 5.82 Å². The molecule has 3 nitrogen and oxygen atoms in total. The molecule has 2 aromatic carbocycles. The van der Waals surface area contributed by atoms with Gasteiger partial charge in [0.05, 0.1) is 14.0 Å². The second-order valence-corrected chi connectivity index (χ2v) is 8.99. The first-order valence-electron chi connectivity index (χ1n) is 8.95. The van der Waals surface area contributed by atoms with E-state index < -0.39 is 0 Å². The molecule has 2 heterocycles. The summed E-state index contributed by atoms with van der Waals surface area (Å²) < 4.78 is 17.2. The first kappa shape index (κ1) is 18.9. The Labute approximate surface area is 174 Å². The number of hydrogen-bond donors (Lipinski definition) is 1. The molecule has 142 valence electrons. The molecule has 0 atom stereocenters. The first-order chi connectivity index (χ1) is 13.6. The van der Waals surface area contributed by atoms with Crippen molar-refractivity contribution in [3.05, 3.63) is 93.2 Å². The van der Waals surface area contributed by atoms with Gasteiger partial charge in [-0.2, -0.15) is 0 Å². The lowest BCUT2D eigenvalue weighted by Gasteiger charge is -2.11. The Morgan fingerprint density at radius 3 is 2.54 bits per heavy atom. The smallest absolute Gasteiger partial charge is 0.268 e. The maximum Gasteiger partial charge on any atom is 0.268 e. The molecule has 0 saturated heterocycles. The number of nitrogens with one attached hydrogen (secondary N) is 1. The van der Waals surface area contributed by atoms with Crippen molar-refractivity contribution in [2.45, 2.75) is 19.5 Å². The topological polar surface area (TPSA) is 34.0 Å². The van der Waals surface area contributed by atoms with E-state index >= 15 is 0 Å². The van der Waals surface area contributed by atoms with E-state index in [9.17, 15) is 9.18 Å². The van der Waals surface area contributed by atoms with E-state index in [1.165, 1.54) is 17.7 Å². The number of thiophene rings is 1. The lowest BCUT2D eigenvalue weighted by Crippen LogP contribution is -2.25. The number of rotatable bonds is 6. The van der Waals surface area contributed by atoms with Crippen molar-refractivity contribution in [3.8, 4) is 0 Å². The molecule has 1 N–H and O–H groups in total. The number of amides is 1. The van der Waals surface area contributed by atoms with Crippen molar-refractivity contribution >= 4 is 43.4 Å². The van der Waals surface area contributed by atoms with Gasteiger partial charge in [0.1, 0.15) is 11.5 Å². The largest absolute Gasteiger partial charge is 0.347 e. The van der Waals surface area contributed by atoms with E-state index in [-0.39, 0.29) is 11.7 Å². The predicted molar refractivity (Wildman–Crippen MR) is 115 cm³/mol. The number of hydrogen-bond acceptors (Lipinski definition) is 2. The number of fused-ring (bicyclic) bond motifs is 1. The number of aryl methyl sites for hydroxylation is 2. The SMILES string of the molecule is O=C(NCc1ccc(F)cc1)c1cc2sc(Br)cc2n1CCc1ccccc1. The van der Waals surface area contributed by atoms with E-state index in [0.717, 1.165) is 32.5 Å². The lowest BCUT2D eigenvalue weighted by molar-refractivity contribution is 0.0942. The molecule has 0 saturated carbocycles. The molecule has 0 aliphatic carbocycles. The van der Waals surface area contributed by atoms with Crippen molar-refractivity contribution in [1.82, 2.24) is 9.88 Å². The van der Waals surface area contributed by atoms with Gasteiger partial charge in [0, 0.05) is 13.1 Å². The van der Waals surface area contributed by atoms with E-state index in [0.29, 0.717) is 12.2 Å². The van der Waals surface area contributed by atoms with Crippen LogP contribution in [-0.4, -0.2) is 10.5 Å². The zero-order chi connectivity index (χ0) is 19.5. The summed E-state index contributed by atoms with van der Waals surface area (Å²) in [5, 5.41) is 2.95.